The van der Waals surface area contributed by atoms with Gasteiger partial charge in [-0.1, -0.05) is 0 Å². The number of carboxylic acids is 2. The molecule has 0 saturated carbocycles. The Kier molecular flexibility index (Phi) is 24.0. The molecule has 11 nitrogen and oxygen atoms in total. The van der Waals surface area contributed by atoms with E-state index in [0.29, 0.717) is 12.1 Å². The molecule has 0 saturated heterocycles. The third-order valence-electron chi connectivity index (χ3n) is 0.339. The Morgan fingerprint density at radius 2 is 1.37 bits per heavy atom. The van der Waals surface area contributed by atoms with Crippen molar-refractivity contribution in [2.75, 3.05) is 0 Å². The van der Waals surface area contributed by atoms with Crippen LogP contribution >= 0.6 is 20.0 Å². The molecule has 0 spiro atoms. The van der Waals surface area contributed by atoms with Crippen molar-refractivity contribution >= 4 is 44.1 Å². The summed E-state index contributed by atoms with van der Waals surface area (Å²) in [4.78, 5) is 52.0. The summed E-state index contributed by atoms with van der Waals surface area (Å²) in [6, 6.07) is 0. The van der Waals surface area contributed by atoms with Crippen LogP contribution < -0.4 is 34.5 Å². The van der Waals surface area contributed by atoms with Crippen LogP contribution in [0.2, 0.25) is 0 Å². The molecule has 0 radical (unpaired) electrons. The van der Waals surface area contributed by atoms with Gasteiger partial charge in [-0.3, -0.25) is 4.57 Å². The van der Waals surface area contributed by atoms with Crippen molar-refractivity contribution in [1.82, 2.24) is 0 Å². The number of carboxylic acid groups (broad SMARTS) is 2. The smallest absolute Gasteiger partial charge is 0.753 e. The summed E-state index contributed by atoms with van der Waals surface area (Å²) in [6.07, 6.45) is 2.34. The summed E-state index contributed by atoms with van der Waals surface area (Å²) in [7, 11) is -5.39. The van der Waals surface area contributed by atoms with E-state index in [9.17, 15) is 13.8 Å². The van der Waals surface area contributed by atoms with E-state index in [1.807, 2.05) is 0 Å². The van der Waals surface area contributed by atoms with Gasteiger partial charge < -0.3 is 20.0 Å². The Morgan fingerprint density at radius 3 is 1.47 bits per heavy atom. The molecule has 0 aromatic rings. The number of carbonyl (C=O) groups is 2. The van der Waals surface area contributed by atoms with E-state index in [2.05, 4.69) is 8.80 Å². The second kappa shape index (κ2) is 17.1. The van der Waals surface area contributed by atoms with Crippen molar-refractivity contribution in [3.8, 4) is 0 Å². The quantitative estimate of drug-likeness (QED) is 0.112. The van der Waals surface area contributed by atoms with E-state index >= 15 is 0 Å². The van der Waals surface area contributed by atoms with E-state index in [1.165, 1.54) is 12.2 Å². The number of isocyanates is 2. The fourth-order valence-corrected chi connectivity index (χ4v) is 0.161. The Morgan fingerprint density at radius 1 is 1.16 bits per heavy atom. The molecule has 0 fully saturated rings. The zero-order valence-corrected chi connectivity index (χ0v) is 12.6. The first-order chi connectivity index (χ1) is 8.06. The molecule has 0 amide bonds. The largest absolute Gasteiger partial charge is 1.00 e. The predicted molar refractivity (Wildman–Crippen MR) is 50.0 cm³/mol. The van der Waals surface area contributed by atoms with E-state index in [1.54, 1.807) is 0 Å². The molecule has 1 atom stereocenters. The summed E-state index contributed by atoms with van der Waals surface area (Å²) < 4.78 is 24.5. The predicted octanol–water partition coefficient (Wildman–Crippen LogP) is -4.20. The molecule has 0 bridgehead atoms. The van der Waals surface area contributed by atoms with Crippen LogP contribution in [0.1, 0.15) is 0 Å². The van der Waals surface area contributed by atoms with Crippen LogP contribution in [-0.4, -0.2) is 39.2 Å². The van der Waals surface area contributed by atoms with Crippen molar-refractivity contribution < 1.29 is 77.5 Å². The number of hydrogen-bond donors (Lipinski definition) is 3. The van der Waals surface area contributed by atoms with Crippen molar-refractivity contribution in [2.45, 2.75) is 0 Å². The van der Waals surface area contributed by atoms with Crippen LogP contribution in [0.3, 0.4) is 0 Å². The van der Waals surface area contributed by atoms with Crippen molar-refractivity contribution in [3.05, 3.63) is 0 Å². The maximum absolute atomic E-state index is 10.2. The molecule has 0 aliphatic rings. The first kappa shape index (κ1) is 26.6. The van der Waals surface area contributed by atoms with Crippen LogP contribution in [0.4, 0.5) is 4.20 Å². The van der Waals surface area contributed by atoms with Crippen molar-refractivity contribution in [1.29, 1.82) is 0 Å². The molecule has 102 valence electrons. The molecular formula is C4H3FN2NaO9PS. The Bertz CT molecular complexity index is 378. The summed E-state index contributed by atoms with van der Waals surface area (Å²) in [6.45, 7) is 0. The van der Waals surface area contributed by atoms with Crippen molar-refractivity contribution in [3.63, 3.8) is 0 Å². The van der Waals surface area contributed by atoms with Gasteiger partial charge in [0.1, 0.15) is 12.1 Å². The minimum atomic E-state index is -5.39. The topological polar surface area (TPSA) is 194 Å². The van der Waals surface area contributed by atoms with Crippen LogP contribution in [0, 0.1) is 0 Å². The van der Waals surface area contributed by atoms with Crippen LogP contribution in [0.25, 0.3) is 0 Å². The zero-order chi connectivity index (χ0) is 15.2. The van der Waals surface area contributed by atoms with Gasteiger partial charge in [0.15, 0.2) is 0 Å². The van der Waals surface area contributed by atoms with E-state index in [-0.39, 0.29) is 29.6 Å². The molecule has 0 aromatic heterocycles. The number of aliphatic carboxylic acids is 2. The van der Waals surface area contributed by atoms with Crippen LogP contribution in [0.5, 0.6) is 0 Å². The number of hydrogen-bond acceptors (Lipinski definition) is 9. The van der Waals surface area contributed by atoms with E-state index < -0.39 is 19.8 Å². The molecule has 0 aromatic carbocycles. The van der Waals surface area contributed by atoms with Gasteiger partial charge in [0.25, 0.3) is 0 Å². The maximum Gasteiger partial charge on any atom is 1.00 e. The second-order valence-electron chi connectivity index (χ2n) is 1.51. The summed E-state index contributed by atoms with van der Waals surface area (Å²) in [5.41, 5.74) is 0. The van der Waals surface area contributed by atoms with E-state index in [4.69, 9.17) is 34.2 Å². The van der Waals surface area contributed by atoms with Crippen molar-refractivity contribution in [2.24, 2.45) is 8.80 Å². The van der Waals surface area contributed by atoms with Gasteiger partial charge in [0, 0.05) is 0 Å². The van der Waals surface area contributed by atoms with Gasteiger partial charge >= 0.3 is 49.4 Å². The molecule has 0 heterocycles. The van der Waals surface area contributed by atoms with Gasteiger partial charge in [0.05, 0.1) is 0 Å². The maximum atomic E-state index is 10.2. The average molecular weight is 328 g/mol. The Balaban J connectivity index is -0.0000000878. The fourth-order valence-electron chi connectivity index (χ4n) is 0.0537. The molecule has 19 heavy (non-hydrogen) atoms. The average Bonchev–Trinajstić information content (AvgIpc) is 2.17. The first-order valence-corrected chi connectivity index (χ1v) is 5.26. The number of rotatable bonds is 2. The first-order valence-electron chi connectivity index (χ1n) is 3.06. The van der Waals surface area contributed by atoms with E-state index in [0.717, 1.165) is 0 Å². The molecule has 0 aliphatic heterocycles. The second-order valence-corrected chi connectivity index (χ2v) is 2.94. The normalized spacial score (nSPS) is 10.1. The monoisotopic (exact) mass is 328 g/mol. The molecule has 0 aliphatic carbocycles. The van der Waals surface area contributed by atoms with Gasteiger partial charge in [-0.15, -0.1) is 8.80 Å². The van der Waals surface area contributed by atoms with Gasteiger partial charge in [0.2, 0.25) is 12.2 Å². The van der Waals surface area contributed by atoms with Gasteiger partial charge in [-0.25, -0.2) is 19.2 Å². The zero-order valence-electron chi connectivity index (χ0n) is 8.92. The number of carbonyl (C=O) groups excluding carboxylic acids is 2. The summed E-state index contributed by atoms with van der Waals surface area (Å²) in [5, 5.41) is 14.8. The van der Waals surface area contributed by atoms with Gasteiger partial charge in [-0.2, -0.15) is 4.20 Å². The Hall–Kier alpha value is -0.870. The summed E-state index contributed by atoms with van der Waals surface area (Å²) >= 11 is 0.456. The third kappa shape index (κ3) is 77.1. The number of halogens is 1. The molecule has 0 rings (SSSR count). The van der Waals surface area contributed by atoms with Crippen LogP contribution in [0.15, 0.2) is 8.80 Å². The minimum Gasteiger partial charge on any atom is -0.753 e. The standard InChI is InChI=1S/C2N2O2S.C2H2O4.FH2O3P.Na/c5-1-3-7-4-2-6;3-1(4)2(5)6;1-5(2,3)4;/h;(H,3,4)(H,5,6);(H2,2,3,4);/q;;;+1/p-1. The Labute approximate surface area is 130 Å². The number of nitrogens with zero attached hydrogens (tertiary/aromatic N) is 2. The molecule has 3 N–H and O–H groups in total. The molecule has 15 heteroatoms. The van der Waals surface area contributed by atoms with Crippen LogP contribution in [-0.2, 0) is 23.7 Å². The minimum absolute atomic E-state index is 0. The van der Waals surface area contributed by atoms with Gasteiger partial charge in [-0.05, 0) is 0 Å². The SMILES string of the molecule is O=C(O)C(=O)O.O=C=NSN=C=O.O=P([O-])(O)F.[Na+]. The molecule has 1 unspecified atom stereocenters. The fraction of sp³-hybridized carbons (Fsp3) is 0. The third-order valence-corrected chi connectivity index (χ3v) is 0.652. The summed E-state index contributed by atoms with van der Waals surface area (Å²) in [5.74, 6) is -3.65. The molecular weight excluding hydrogens is 325 g/mol.